The highest BCUT2D eigenvalue weighted by atomic mass is 32.2. The number of hydrogen-bond acceptors (Lipinski definition) is 4. The van der Waals surface area contributed by atoms with Gasteiger partial charge in [-0.15, -0.1) is 11.3 Å². The van der Waals surface area contributed by atoms with E-state index in [2.05, 4.69) is 28.4 Å². The highest BCUT2D eigenvalue weighted by Gasteiger charge is 2.10. The van der Waals surface area contributed by atoms with Crippen LogP contribution in [-0.4, -0.2) is 14.2 Å². The standard InChI is InChI=1S/C15H20N2O2S2/c1-3-14(15-6-5-11-20-15)16-12-7-9-13(10-8-12)17-21(18,19)4-2/h5-11,14,16-17H,3-4H2,1-2H3. The first-order valence-electron chi connectivity index (χ1n) is 6.94. The van der Waals surface area contributed by atoms with Crippen molar-refractivity contribution in [3.8, 4) is 0 Å². The first-order valence-corrected chi connectivity index (χ1v) is 9.47. The van der Waals surface area contributed by atoms with Crippen LogP contribution < -0.4 is 10.0 Å². The molecule has 1 heterocycles. The van der Waals surface area contributed by atoms with Gasteiger partial charge in [0.05, 0.1) is 11.8 Å². The van der Waals surface area contributed by atoms with E-state index in [4.69, 9.17) is 0 Å². The number of hydrogen-bond donors (Lipinski definition) is 2. The Balaban J connectivity index is 2.05. The van der Waals surface area contributed by atoms with Crippen molar-refractivity contribution in [2.24, 2.45) is 0 Å². The maximum atomic E-state index is 11.5. The average Bonchev–Trinajstić information content (AvgIpc) is 3.00. The van der Waals surface area contributed by atoms with Crippen molar-refractivity contribution in [2.75, 3.05) is 15.8 Å². The predicted octanol–water partition coefficient (Wildman–Crippen LogP) is 4.07. The number of nitrogens with one attached hydrogen (secondary N) is 2. The summed E-state index contributed by atoms with van der Waals surface area (Å²) in [5.74, 6) is 0.0727. The molecule has 0 saturated carbocycles. The Hall–Kier alpha value is -1.53. The number of anilines is 2. The number of benzene rings is 1. The Morgan fingerprint density at radius 2 is 1.76 bits per heavy atom. The highest BCUT2D eigenvalue weighted by Crippen LogP contribution is 2.26. The topological polar surface area (TPSA) is 58.2 Å². The molecular weight excluding hydrogens is 304 g/mol. The van der Waals surface area contributed by atoms with Crippen LogP contribution in [0.5, 0.6) is 0 Å². The van der Waals surface area contributed by atoms with E-state index in [0.29, 0.717) is 5.69 Å². The van der Waals surface area contributed by atoms with E-state index < -0.39 is 10.0 Å². The molecule has 2 rings (SSSR count). The minimum Gasteiger partial charge on any atom is -0.377 e. The van der Waals surface area contributed by atoms with Crippen molar-refractivity contribution in [3.63, 3.8) is 0 Å². The molecule has 21 heavy (non-hydrogen) atoms. The molecule has 0 aliphatic carbocycles. The Labute approximate surface area is 130 Å². The van der Waals surface area contributed by atoms with E-state index in [1.807, 2.05) is 18.2 Å². The van der Waals surface area contributed by atoms with Crippen LogP contribution in [-0.2, 0) is 10.0 Å². The maximum absolute atomic E-state index is 11.5. The number of sulfonamides is 1. The van der Waals surface area contributed by atoms with Gasteiger partial charge in [-0.05, 0) is 49.1 Å². The van der Waals surface area contributed by atoms with Crippen LogP contribution in [0.2, 0.25) is 0 Å². The van der Waals surface area contributed by atoms with E-state index in [1.165, 1.54) is 4.88 Å². The monoisotopic (exact) mass is 324 g/mol. The third-order valence-corrected chi connectivity index (χ3v) is 5.47. The molecule has 1 unspecified atom stereocenters. The molecule has 1 aromatic carbocycles. The summed E-state index contributed by atoms with van der Waals surface area (Å²) in [5, 5.41) is 5.54. The summed E-state index contributed by atoms with van der Waals surface area (Å²) < 4.78 is 25.6. The van der Waals surface area contributed by atoms with Crippen LogP contribution in [0.25, 0.3) is 0 Å². The van der Waals surface area contributed by atoms with Crippen molar-refractivity contribution in [1.82, 2.24) is 0 Å². The Bertz CT molecular complexity index is 649. The van der Waals surface area contributed by atoms with Crippen molar-refractivity contribution in [2.45, 2.75) is 26.3 Å². The molecule has 0 radical (unpaired) electrons. The summed E-state index contributed by atoms with van der Waals surface area (Å²) in [6.45, 7) is 3.76. The molecule has 4 nitrogen and oxygen atoms in total. The minimum atomic E-state index is -3.22. The van der Waals surface area contributed by atoms with Crippen molar-refractivity contribution >= 4 is 32.7 Å². The summed E-state index contributed by atoms with van der Waals surface area (Å²) in [7, 11) is -3.22. The molecular formula is C15H20N2O2S2. The SMILES string of the molecule is CCC(Nc1ccc(NS(=O)(=O)CC)cc1)c1cccs1. The van der Waals surface area contributed by atoms with Crippen LogP contribution >= 0.6 is 11.3 Å². The summed E-state index contributed by atoms with van der Waals surface area (Å²) in [6, 6.07) is 11.8. The lowest BCUT2D eigenvalue weighted by atomic mass is 10.1. The molecule has 0 fully saturated rings. The molecule has 114 valence electrons. The molecule has 0 spiro atoms. The van der Waals surface area contributed by atoms with E-state index in [1.54, 1.807) is 30.4 Å². The number of rotatable bonds is 7. The van der Waals surface area contributed by atoms with Crippen molar-refractivity contribution in [3.05, 3.63) is 46.7 Å². The first-order chi connectivity index (χ1) is 10.0. The lowest BCUT2D eigenvalue weighted by molar-refractivity contribution is 0.602. The fourth-order valence-corrected chi connectivity index (χ4v) is 3.45. The smallest absolute Gasteiger partial charge is 0.232 e. The van der Waals surface area contributed by atoms with Gasteiger partial charge in [-0.25, -0.2) is 8.42 Å². The van der Waals surface area contributed by atoms with Gasteiger partial charge >= 0.3 is 0 Å². The van der Waals surface area contributed by atoms with Crippen molar-refractivity contribution in [1.29, 1.82) is 0 Å². The first kappa shape index (κ1) is 15.9. The second kappa shape index (κ2) is 6.95. The van der Waals surface area contributed by atoms with Crippen LogP contribution in [0.1, 0.15) is 31.2 Å². The molecule has 1 atom stereocenters. The summed E-state index contributed by atoms with van der Waals surface area (Å²) in [5.41, 5.74) is 1.57. The molecule has 0 amide bonds. The summed E-state index contributed by atoms with van der Waals surface area (Å²) in [6.07, 6.45) is 0.991. The largest absolute Gasteiger partial charge is 0.377 e. The van der Waals surface area contributed by atoms with Crippen LogP contribution in [0.15, 0.2) is 41.8 Å². The van der Waals surface area contributed by atoms with E-state index in [9.17, 15) is 8.42 Å². The van der Waals surface area contributed by atoms with E-state index >= 15 is 0 Å². The van der Waals surface area contributed by atoms with Gasteiger partial charge in [0.1, 0.15) is 0 Å². The normalized spacial score (nSPS) is 12.9. The Kier molecular flexibility index (Phi) is 5.25. The number of thiophene rings is 1. The molecule has 0 bridgehead atoms. The van der Waals surface area contributed by atoms with Gasteiger partial charge in [0.15, 0.2) is 0 Å². The van der Waals surface area contributed by atoms with Gasteiger partial charge in [-0.3, -0.25) is 4.72 Å². The molecule has 0 saturated heterocycles. The molecule has 2 aromatic rings. The van der Waals surface area contributed by atoms with Crippen LogP contribution in [0.4, 0.5) is 11.4 Å². The quantitative estimate of drug-likeness (QED) is 0.807. The van der Waals surface area contributed by atoms with E-state index in [-0.39, 0.29) is 11.8 Å². The summed E-state index contributed by atoms with van der Waals surface area (Å²) >= 11 is 1.73. The van der Waals surface area contributed by atoms with Gasteiger partial charge in [0.25, 0.3) is 0 Å². The molecule has 1 aromatic heterocycles. The van der Waals surface area contributed by atoms with Crippen LogP contribution in [0, 0.1) is 0 Å². The average molecular weight is 324 g/mol. The highest BCUT2D eigenvalue weighted by molar-refractivity contribution is 7.92. The lowest BCUT2D eigenvalue weighted by Gasteiger charge is -2.17. The van der Waals surface area contributed by atoms with Gasteiger partial charge in [0, 0.05) is 16.3 Å². The van der Waals surface area contributed by atoms with Gasteiger partial charge < -0.3 is 5.32 Å². The van der Waals surface area contributed by atoms with Crippen LogP contribution in [0.3, 0.4) is 0 Å². The third kappa shape index (κ3) is 4.47. The summed E-state index contributed by atoms with van der Waals surface area (Å²) in [4.78, 5) is 1.30. The fraction of sp³-hybridized carbons (Fsp3) is 0.333. The van der Waals surface area contributed by atoms with Crippen molar-refractivity contribution < 1.29 is 8.42 Å². The zero-order valence-corrected chi connectivity index (χ0v) is 13.8. The molecule has 6 heteroatoms. The second-order valence-corrected chi connectivity index (χ2v) is 7.69. The fourth-order valence-electron chi connectivity index (χ4n) is 1.95. The zero-order chi connectivity index (χ0) is 15.3. The molecule has 0 aliphatic rings. The van der Waals surface area contributed by atoms with Gasteiger partial charge in [-0.2, -0.15) is 0 Å². The second-order valence-electron chi connectivity index (χ2n) is 4.70. The maximum Gasteiger partial charge on any atom is 0.232 e. The third-order valence-electron chi connectivity index (χ3n) is 3.17. The van der Waals surface area contributed by atoms with Gasteiger partial charge in [-0.1, -0.05) is 13.0 Å². The molecule has 0 aliphatic heterocycles. The van der Waals surface area contributed by atoms with Gasteiger partial charge in [0.2, 0.25) is 10.0 Å². The Morgan fingerprint density at radius 3 is 2.29 bits per heavy atom. The minimum absolute atomic E-state index is 0.0727. The van der Waals surface area contributed by atoms with E-state index in [0.717, 1.165) is 12.1 Å². The zero-order valence-electron chi connectivity index (χ0n) is 12.2. The lowest BCUT2D eigenvalue weighted by Crippen LogP contribution is -2.14. The Morgan fingerprint density at radius 1 is 1.10 bits per heavy atom. The molecule has 2 N–H and O–H groups in total. The predicted molar refractivity (Wildman–Crippen MR) is 90.5 cm³/mol.